The summed E-state index contributed by atoms with van der Waals surface area (Å²) >= 11 is 0. The summed E-state index contributed by atoms with van der Waals surface area (Å²) < 4.78 is 10.6. The van der Waals surface area contributed by atoms with Crippen molar-refractivity contribution in [1.29, 1.82) is 0 Å². The van der Waals surface area contributed by atoms with E-state index in [1.54, 1.807) is 0 Å². The topological polar surface area (TPSA) is 72.8 Å². The van der Waals surface area contributed by atoms with Gasteiger partial charge in [0.1, 0.15) is 6.61 Å². The summed E-state index contributed by atoms with van der Waals surface area (Å²) in [4.78, 5) is 24.3. The van der Waals surface area contributed by atoms with Gasteiger partial charge >= 0.3 is 11.9 Å². The SMILES string of the molecule is CCCCC/C=C/C/C=C/C/C=C/C/C=C/CCCC(=O)OC[C@H](CO)OC(=O)CCCCCCCCCCCCCCCCCCCCCCCC. The zero-order valence-electron chi connectivity index (χ0n) is 35.0. The van der Waals surface area contributed by atoms with E-state index in [0.29, 0.717) is 19.3 Å². The molecule has 0 spiro atoms. The van der Waals surface area contributed by atoms with Crippen LogP contribution in [-0.2, 0) is 19.1 Å². The number of esters is 2. The van der Waals surface area contributed by atoms with Gasteiger partial charge in [-0.15, -0.1) is 0 Å². The molecule has 0 aromatic carbocycles. The predicted octanol–water partition coefficient (Wildman–Crippen LogP) is 14.6. The van der Waals surface area contributed by atoms with Crippen LogP contribution >= 0.6 is 0 Å². The van der Waals surface area contributed by atoms with Gasteiger partial charge in [0.2, 0.25) is 0 Å². The van der Waals surface area contributed by atoms with Crippen LogP contribution in [0, 0.1) is 0 Å². The summed E-state index contributed by atoms with van der Waals surface area (Å²) in [6.45, 7) is 4.08. The Morgan fingerprint density at radius 1 is 0.434 bits per heavy atom. The van der Waals surface area contributed by atoms with E-state index in [1.165, 1.54) is 148 Å². The Kier molecular flexibility index (Phi) is 42.5. The maximum absolute atomic E-state index is 12.2. The molecule has 0 heterocycles. The standard InChI is InChI=1S/C48H86O5/c1-3-5-7-9-11-13-15-17-19-21-22-23-24-25-27-29-31-33-35-37-39-41-43-48(51)53-46(44-49)45-52-47(50)42-40-38-36-34-32-30-28-26-20-18-16-14-12-10-8-6-4-2/h12,14,18,20,28,30,34,36,46,49H,3-11,13,15-17,19,21-27,29,31-33,35,37-45H2,1-2H3/b14-12+,20-18+,30-28+,36-34+/t46-/m0/s1. The van der Waals surface area contributed by atoms with Crippen LogP contribution in [0.5, 0.6) is 0 Å². The van der Waals surface area contributed by atoms with Crippen molar-refractivity contribution in [1.82, 2.24) is 0 Å². The highest BCUT2D eigenvalue weighted by Gasteiger charge is 2.16. The second kappa shape index (κ2) is 44.3. The van der Waals surface area contributed by atoms with E-state index in [4.69, 9.17) is 9.47 Å². The second-order valence-corrected chi connectivity index (χ2v) is 15.1. The highest BCUT2D eigenvalue weighted by atomic mass is 16.6. The first-order chi connectivity index (χ1) is 26.1. The number of hydrogen-bond donors (Lipinski definition) is 1. The number of rotatable bonds is 41. The summed E-state index contributed by atoms with van der Waals surface area (Å²) in [5.41, 5.74) is 0. The molecule has 0 aliphatic heterocycles. The maximum Gasteiger partial charge on any atom is 0.306 e. The van der Waals surface area contributed by atoms with Gasteiger partial charge in [0, 0.05) is 12.8 Å². The maximum atomic E-state index is 12.2. The second-order valence-electron chi connectivity index (χ2n) is 15.1. The molecule has 0 fully saturated rings. The molecule has 0 saturated carbocycles. The molecule has 1 N–H and O–H groups in total. The summed E-state index contributed by atoms with van der Waals surface area (Å²) in [5, 5.41) is 9.58. The molecule has 308 valence electrons. The Labute approximate surface area is 328 Å². The first-order valence-electron chi connectivity index (χ1n) is 22.7. The smallest absolute Gasteiger partial charge is 0.306 e. The number of carbonyl (C=O) groups excluding carboxylic acids is 2. The van der Waals surface area contributed by atoms with Gasteiger partial charge in [0.25, 0.3) is 0 Å². The summed E-state index contributed by atoms with van der Waals surface area (Å²) in [6.07, 6.45) is 56.2. The summed E-state index contributed by atoms with van der Waals surface area (Å²) in [7, 11) is 0. The van der Waals surface area contributed by atoms with Gasteiger partial charge in [-0.05, 0) is 51.4 Å². The molecule has 0 aromatic rings. The van der Waals surface area contributed by atoms with Crippen LogP contribution in [0.25, 0.3) is 0 Å². The Morgan fingerprint density at radius 3 is 1.19 bits per heavy atom. The van der Waals surface area contributed by atoms with Crippen LogP contribution in [0.2, 0.25) is 0 Å². The van der Waals surface area contributed by atoms with Crippen LogP contribution in [-0.4, -0.2) is 36.4 Å². The number of aliphatic hydroxyl groups excluding tert-OH is 1. The third kappa shape index (κ3) is 42.5. The number of carbonyl (C=O) groups is 2. The van der Waals surface area contributed by atoms with Gasteiger partial charge in [0.15, 0.2) is 6.10 Å². The van der Waals surface area contributed by atoms with Crippen LogP contribution in [0.15, 0.2) is 48.6 Å². The fourth-order valence-electron chi connectivity index (χ4n) is 6.43. The van der Waals surface area contributed by atoms with E-state index in [2.05, 4.69) is 62.5 Å². The van der Waals surface area contributed by atoms with Gasteiger partial charge in [-0.2, -0.15) is 0 Å². The van der Waals surface area contributed by atoms with E-state index in [-0.39, 0.29) is 25.2 Å². The molecule has 0 radical (unpaired) electrons. The van der Waals surface area contributed by atoms with Gasteiger partial charge < -0.3 is 14.6 Å². The van der Waals surface area contributed by atoms with E-state index < -0.39 is 6.10 Å². The Morgan fingerprint density at radius 2 is 0.774 bits per heavy atom. The summed E-state index contributed by atoms with van der Waals surface area (Å²) in [6, 6.07) is 0. The minimum absolute atomic E-state index is 0.0925. The van der Waals surface area contributed by atoms with Gasteiger partial charge in [0.05, 0.1) is 6.61 Å². The fraction of sp³-hybridized carbons (Fsp3) is 0.792. The predicted molar refractivity (Wildman–Crippen MR) is 228 cm³/mol. The normalized spacial score (nSPS) is 12.6. The van der Waals surface area contributed by atoms with Crippen LogP contribution in [0.3, 0.4) is 0 Å². The molecule has 1 atom stereocenters. The number of hydrogen-bond acceptors (Lipinski definition) is 5. The van der Waals surface area contributed by atoms with E-state index in [0.717, 1.165) is 44.9 Å². The minimum atomic E-state index is -0.792. The molecule has 53 heavy (non-hydrogen) atoms. The van der Waals surface area contributed by atoms with Crippen molar-refractivity contribution >= 4 is 11.9 Å². The van der Waals surface area contributed by atoms with Crippen LogP contribution in [0.1, 0.15) is 226 Å². The zero-order valence-corrected chi connectivity index (χ0v) is 35.0. The Balaban J connectivity index is 3.56. The molecule has 0 aromatic heterocycles. The molecule has 0 aliphatic carbocycles. The molecular formula is C48H86O5. The molecule has 0 bridgehead atoms. The van der Waals surface area contributed by atoms with E-state index >= 15 is 0 Å². The minimum Gasteiger partial charge on any atom is -0.462 e. The van der Waals surface area contributed by atoms with Crippen molar-refractivity contribution in [2.75, 3.05) is 13.2 Å². The Bertz CT molecular complexity index is 888. The number of allylic oxidation sites excluding steroid dienone is 8. The lowest BCUT2D eigenvalue weighted by atomic mass is 10.0. The van der Waals surface area contributed by atoms with Gasteiger partial charge in [-0.3, -0.25) is 9.59 Å². The Hall–Kier alpha value is -2.14. The molecule has 5 nitrogen and oxygen atoms in total. The van der Waals surface area contributed by atoms with Crippen molar-refractivity contribution in [3.63, 3.8) is 0 Å². The van der Waals surface area contributed by atoms with Gasteiger partial charge in [-0.1, -0.05) is 210 Å². The van der Waals surface area contributed by atoms with Crippen molar-refractivity contribution in [2.45, 2.75) is 232 Å². The first-order valence-corrected chi connectivity index (χ1v) is 22.7. The molecule has 0 rings (SSSR count). The lowest BCUT2D eigenvalue weighted by molar-refractivity contribution is -0.161. The molecule has 0 aliphatic rings. The fourth-order valence-corrected chi connectivity index (χ4v) is 6.43. The number of aliphatic hydroxyl groups is 1. The van der Waals surface area contributed by atoms with Crippen LogP contribution in [0.4, 0.5) is 0 Å². The third-order valence-electron chi connectivity index (χ3n) is 9.88. The number of unbranched alkanes of at least 4 members (excludes halogenated alkanes) is 25. The number of ether oxygens (including phenoxy) is 2. The average molecular weight is 743 g/mol. The van der Waals surface area contributed by atoms with Crippen molar-refractivity contribution in [2.24, 2.45) is 0 Å². The quantitative estimate of drug-likeness (QED) is 0.0384. The monoisotopic (exact) mass is 743 g/mol. The average Bonchev–Trinajstić information content (AvgIpc) is 3.16. The molecule has 0 unspecified atom stereocenters. The molecule has 0 saturated heterocycles. The third-order valence-corrected chi connectivity index (χ3v) is 9.88. The molecule has 0 amide bonds. The van der Waals surface area contributed by atoms with Crippen LogP contribution < -0.4 is 0 Å². The largest absolute Gasteiger partial charge is 0.462 e. The van der Waals surface area contributed by atoms with Crippen molar-refractivity contribution in [3.8, 4) is 0 Å². The first kappa shape index (κ1) is 50.9. The van der Waals surface area contributed by atoms with E-state index in [1.807, 2.05) is 0 Å². The molecular weight excluding hydrogens is 657 g/mol. The van der Waals surface area contributed by atoms with Crippen molar-refractivity contribution in [3.05, 3.63) is 48.6 Å². The lowest BCUT2D eigenvalue weighted by Crippen LogP contribution is -2.28. The van der Waals surface area contributed by atoms with E-state index in [9.17, 15) is 14.7 Å². The summed E-state index contributed by atoms with van der Waals surface area (Å²) in [5.74, 6) is -0.649. The highest BCUT2D eigenvalue weighted by Crippen LogP contribution is 2.16. The lowest BCUT2D eigenvalue weighted by Gasteiger charge is -2.15. The highest BCUT2D eigenvalue weighted by molar-refractivity contribution is 5.70. The van der Waals surface area contributed by atoms with Gasteiger partial charge in [-0.25, -0.2) is 0 Å². The molecule has 5 heteroatoms. The van der Waals surface area contributed by atoms with Crippen molar-refractivity contribution < 1.29 is 24.2 Å². The zero-order chi connectivity index (χ0) is 38.6.